The van der Waals surface area contributed by atoms with E-state index >= 15 is 0 Å². The highest BCUT2D eigenvalue weighted by Gasteiger charge is 2.50. The molecule has 2 fully saturated rings. The molecule has 0 bridgehead atoms. The summed E-state index contributed by atoms with van der Waals surface area (Å²) >= 11 is 0. The summed E-state index contributed by atoms with van der Waals surface area (Å²) in [7, 11) is 0. The first-order valence-electron chi connectivity index (χ1n) is 6.41. The minimum absolute atomic E-state index is 0.0370. The standard InChI is InChI=1S/C12H20N2O4/c1-2-13-9-6-18-5-8(9)10(15)14-7-12(3-4-12)11(16)17/h8-9,13H,2-7H2,1H3,(H,14,15)(H,16,17). The fourth-order valence-corrected chi connectivity index (χ4v) is 2.28. The Balaban J connectivity index is 1.82. The average Bonchev–Trinajstić information content (AvgIpc) is 3.00. The van der Waals surface area contributed by atoms with Gasteiger partial charge in [-0.2, -0.15) is 0 Å². The maximum atomic E-state index is 12.0. The summed E-state index contributed by atoms with van der Waals surface area (Å²) < 4.78 is 5.30. The van der Waals surface area contributed by atoms with Crippen molar-refractivity contribution in [1.29, 1.82) is 0 Å². The molecule has 0 radical (unpaired) electrons. The second-order valence-electron chi connectivity index (χ2n) is 5.11. The molecule has 6 nitrogen and oxygen atoms in total. The third-order valence-corrected chi connectivity index (χ3v) is 3.79. The van der Waals surface area contributed by atoms with Crippen LogP contribution in [0.25, 0.3) is 0 Å². The minimum atomic E-state index is -0.811. The SMILES string of the molecule is CCNC1COCC1C(=O)NCC1(C(=O)O)CC1. The quantitative estimate of drug-likeness (QED) is 0.601. The molecule has 102 valence electrons. The van der Waals surface area contributed by atoms with E-state index in [-0.39, 0.29) is 24.4 Å². The Labute approximate surface area is 106 Å². The van der Waals surface area contributed by atoms with Crippen LogP contribution >= 0.6 is 0 Å². The van der Waals surface area contributed by atoms with Crippen molar-refractivity contribution in [1.82, 2.24) is 10.6 Å². The predicted octanol–water partition coefficient (Wildman–Crippen LogP) is -0.408. The lowest BCUT2D eigenvalue weighted by molar-refractivity contribution is -0.143. The Kier molecular flexibility index (Phi) is 3.87. The van der Waals surface area contributed by atoms with Crippen molar-refractivity contribution >= 4 is 11.9 Å². The van der Waals surface area contributed by atoms with E-state index in [1.807, 2.05) is 6.92 Å². The molecule has 3 N–H and O–H groups in total. The Hall–Kier alpha value is -1.14. The van der Waals surface area contributed by atoms with Crippen molar-refractivity contribution in [3.63, 3.8) is 0 Å². The van der Waals surface area contributed by atoms with Crippen LogP contribution in [0, 0.1) is 11.3 Å². The van der Waals surface area contributed by atoms with E-state index in [1.54, 1.807) is 0 Å². The van der Waals surface area contributed by atoms with Crippen molar-refractivity contribution < 1.29 is 19.4 Å². The van der Waals surface area contributed by atoms with Crippen LogP contribution in [-0.4, -0.2) is 49.3 Å². The molecule has 2 unspecified atom stereocenters. The summed E-state index contributed by atoms with van der Waals surface area (Å²) in [5.74, 6) is -1.13. The number of hydrogen-bond donors (Lipinski definition) is 3. The lowest BCUT2D eigenvalue weighted by atomic mass is 10.0. The first-order chi connectivity index (χ1) is 8.59. The smallest absolute Gasteiger partial charge is 0.311 e. The van der Waals surface area contributed by atoms with E-state index in [1.165, 1.54) is 0 Å². The van der Waals surface area contributed by atoms with Crippen molar-refractivity contribution in [3.8, 4) is 0 Å². The number of carboxylic acids is 1. The molecule has 1 saturated heterocycles. The van der Waals surface area contributed by atoms with Crippen LogP contribution in [0.3, 0.4) is 0 Å². The molecule has 6 heteroatoms. The van der Waals surface area contributed by atoms with Crippen LogP contribution in [0.4, 0.5) is 0 Å². The molecule has 0 aromatic carbocycles. The molecule has 1 amide bonds. The molecule has 0 aromatic heterocycles. The largest absolute Gasteiger partial charge is 0.481 e. The van der Waals surface area contributed by atoms with Gasteiger partial charge in [-0.15, -0.1) is 0 Å². The van der Waals surface area contributed by atoms with E-state index in [4.69, 9.17) is 9.84 Å². The van der Waals surface area contributed by atoms with Crippen LogP contribution < -0.4 is 10.6 Å². The van der Waals surface area contributed by atoms with Gasteiger partial charge in [-0.25, -0.2) is 0 Å². The average molecular weight is 256 g/mol. The van der Waals surface area contributed by atoms with Crippen LogP contribution in [-0.2, 0) is 14.3 Å². The number of hydrogen-bond acceptors (Lipinski definition) is 4. The van der Waals surface area contributed by atoms with Gasteiger partial charge >= 0.3 is 5.97 Å². The molecule has 0 spiro atoms. The summed E-state index contributed by atoms with van der Waals surface area (Å²) in [5, 5.41) is 15.0. The highest BCUT2D eigenvalue weighted by molar-refractivity contribution is 5.82. The van der Waals surface area contributed by atoms with Crippen molar-refractivity contribution in [2.75, 3.05) is 26.3 Å². The normalized spacial score (nSPS) is 28.9. The van der Waals surface area contributed by atoms with E-state index < -0.39 is 11.4 Å². The lowest BCUT2D eigenvalue weighted by Crippen LogP contribution is -2.45. The van der Waals surface area contributed by atoms with Gasteiger partial charge in [0.1, 0.15) is 0 Å². The number of carbonyl (C=O) groups excluding carboxylic acids is 1. The highest BCUT2D eigenvalue weighted by Crippen LogP contribution is 2.45. The fraction of sp³-hybridized carbons (Fsp3) is 0.833. The number of nitrogens with one attached hydrogen (secondary N) is 2. The molecule has 1 aliphatic heterocycles. The van der Waals surface area contributed by atoms with Crippen LogP contribution in [0.15, 0.2) is 0 Å². The van der Waals surface area contributed by atoms with Gasteiger partial charge in [0, 0.05) is 12.6 Å². The highest BCUT2D eigenvalue weighted by atomic mass is 16.5. The summed E-state index contributed by atoms with van der Waals surface area (Å²) in [5.41, 5.74) is -0.706. The number of rotatable bonds is 6. The van der Waals surface area contributed by atoms with Crippen LogP contribution in [0.1, 0.15) is 19.8 Å². The van der Waals surface area contributed by atoms with Gasteiger partial charge < -0.3 is 20.5 Å². The molecule has 1 saturated carbocycles. The third kappa shape index (κ3) is 2.64. The third-order valence-electron chi connectivity index (χ3n) is 3.79. The minimum Gasteiger partial charge on any atom is -0.481 e. The van der Waals surface area contributed by atoms with Gasteiger partial charge in [0.2, 0.25) is 5.91 Å². The van der Waals surface area contributed by atoms with Crippen LogP contribution in [0.5, 0.6) is 0 Å². The summed E-state index contributed by atoms with van der Waals surface area (Å²) in [4.78, 5) is 23.0. The zero-order valence-electron chi connectivity index (χ0n) is 10.6. The second-order valence-corrected chi connectivity index (χ2v) is 5.11. The molecule has 2 aliphatic rings. The molecule has 2 rings (SSSR count). The summed E-state index contributed by atoms with van der Waals surface area (Å²) in [6.07, 6.45) is 1.31. The van der Waals surface area contributed by atoms with Crippen molar-refractivity contribution in [3.05, 3.63) is 0 Å². The van der Waals surface area contributed by atoms with Crippen LogP contribution in [0.2, 0.25) is 0 Å². The van der Waals surface area contributed by atoms with E-state index in [0.29, 0.717) is 26.1 Å². The fourth-order valence-electron chi connectivity index (χ4n) is 2.28. The number of amides is 1. The van der Waals surface area contributed by atoms with E-state index in [2.05, 4.69) is 10.6 Å². The Morgan fingerprint density at radius 3 is 2.67 bits per heavy atom. The van der Waals surface area contributed by atoms with Gasteiger partial charge in [0.25, 0.3) is 0 Å². The lowest BCUT2D eigenvalue weighted by Gasteiger charge is -2.19. The number of aliphatic carboxylic acids is 1. The zero-order valence-corrected chi connectivity index (χ0v) is 10.6. The van der Waals surface area contributed by atoms with Crippen molar-refractivity contribution in [2.45, 2.75) is 25.8 Å². The molecule has 18 heavy (non-hydrogen) atoms. The maximum Gasteiger partial charge on any atom is 0.311 e. The topological polar surface area (TPSA) is 87.7 Å². The Morgan fingerprint density at radius 2 is 2.11 bits per heavy atom. The Morgan fingerprint density at radius 1 is 1.39 bits per heavy atom. The predicted molar refractivity (Wildman–Crippen MR) is 64.1 cm³/mol. The molecule has 2 atom stereocenters. The van der Waals surface area contributed by atoms with Gasteiger partial charge in [0.15, 0.2) is 0 Å². The number of carboxylic acid groups (broad SMARTS) is 1. The first-order valence-corrected chi connectivity index (χ1v) is 6.41. The van der Waals surface area contributed by atoms with Gasteiger partial charge in [0.05, 0.1) is 24.5 Å². The van der Waals surface area contributed by atoms with E-state index in [0.717, 1.165) is 6.54 Å². The number of carbonyl (C=O) groups is 2. The zero-order chi connectivity index (χ0) is 13.2. The van der Waals surface area contributed by atoms with Gasteiger partial charge in [-0.1, -0.05) is 6.92 Å². The molecule has 1 aliphatic carbocycles. The number of likely N-dealkylation sites (N-methyl/N-ethyl adjacent to an activating group) is 1. The number of ether oxygens (including phenoxy) is 1. The molecular formula is C12H20N2O4. The monoisotopic (exact) mass is 256 g/mol. The Bertz CT molecular complexity index is 341. The maximum absolute atomic E-state index is 12.0. The van der Waals surface area contributed by atoms with Gasteiger partial charge in [-0.05, 0) is 19.4 Å². The summed E-state index contributed by atoms with van der Waals surface area (Å²) in [6.45, 7) is 3.95. The second kappa shape index (κ2) is 5.24. The summed E-state index contributed by atoms with van der Waals surface area (Å²) in [6, 6.07) is 0.0370. The van der Waals surface area contributed by atoms with Crippen molar-refractivity contribution in [2.24, 2.45) is 11.3 Å². The molecule has 0 aromatic rings. The van der Waals surface area contributed by atoms with E-state index in [9.17, 15) is 9.59 Å². The molecular weight excluding hydrogens is 236 g/mol. The first kappa shape index (κ1) is 13.3. The molecule has 1 heterocycles. The van der Waals surface area contributed by atoms with Gasteiger partial charge in [-0.3, -0.25) is 9.59 Å².